The molecule has 3 aromatic rings. The molecule has 1 aromatic heterocycles. The number of carbonyl (C=O) groups excluding carboxylic acids is 1. The van der Waals surface area contributed by atoms with E-state index < -0.39 is 6.04 Å². The van der Waals surface area contributed by atoms with Crippen molar-refractivity contribution in [3.8, 4) is 17.2 Å². The number of rotatable bonds is 6. The molecule has 0 aliphatic carbocycles. The van der Waals surface area contributed by atoms with Crippen molar-refractivity contribution in [2.75, 3.05) is 14.2 Å². The SMILES string of the molecule is COc1ccc([C@H](NC(=O)C(C)C)c2cc(Cl)c3cccnc3c2O)cc1OC. The number of pyridine rings is 1. The molecule has 0 aliphatic rings. The number of aromatic nitrogens is 1. The topological polar surface area (TPSA) is 80.7 Å². The molecule has 1 heterocycles. The Labute approximate surface area is 174 Å². The largest absolute Gasteiger partial charge is 0.505 e. The van der Waals surface area contributed by atoms with Gasteiger partial charge in [-0.15, -0.1) is 0 Å². The molecule has 0 fully saturated rings. The first-order valence-corrected chi connectivity index (χ1v) is 9.53. The predicted octanol–water partition coefficient (Wildman–Crippen LogP) is 4.47. The molecule has 152 valence electrons. The van der Waals surface area contributed by atoms with Crippen LogP contribution in [0.4, 0.5) is 0 Å². The maximum absolute atomic E-state index is 12.5. The van der Waals surface area contributed by atoms with Gasteiger partial charge in [-0.3, -0.25) is 9.78 Å². The standard InChI is InChI=1S/C22H23ClN2O4/c1-12(2)22(27)25-19(13-7-8-17(28-3)18(10-13)29-4)15-11-16(23)14-6-5-9-24-20(14)21(15)26/h5-12,19,26H,1-4H3,(H,25,27)/t19-/m0/s1. The number of hydrogen-bond acceptors (Lipinski definition) is 5. The first-order valence-electron chi connectivity index (χ1n) is 9.15. The first-order chi connectivity index (χ1) is 13.9. The smallest absolute Gasteiger partial charge is 0.223 e. The van der Waals surface area contributed by atoms with Crippen molar-refractivity contribution in [1.29, 1.82) is 0 Å². The lowest BCUT2D eigenvalue weighted by Crippen LogP contribution is -2.32. The number of nitrogens with zero attached hydrogens (tertiary/aromatic N) is 1. The molecule has 0 radical (unpaired) electrons. The van der Waals surface area contributed by atoms with Crippen LogP contribution in [0.3, 0.4) is 0 Å². The molecular weight excluding hydrogens is 392 g/mol. The normalized spacial score (nSPS) is 12.1. The van der Waals surface area contributed by atoms with E-state index in [0.29, 0.717) is 38.6 Å². The number of ether oxygens (including phenoxy) is 2. The molecular formula is C22H23ClN2O4. The maximum Gasteiger partial charge on any atom is 0.223 e. The second-order valence-corrected chi connectivity index (χ2v) is 7.31. The highest BCUT2D eigenvalue weighted by Gasteiger charge is 2.25. The van der Waals surface area contributed by atoms with Gasteiger partial charge in [0, 0.05) is 23.1 Å². The minimum Gasteiger partial charge on any atom is -0.505 e. The summed E-state index contributed by atoms with van der Waals surface area (Å²) in [6.45, 7) is 3.60. The number of fused-ring (bicyclic) bond motifs is 1. The Balaban J connectivity index is 2.21. The van der Waals surface area contributed by atoms with Crippen LogP contribution in [0.25, 0.3) is 10.9 Å². The van der Waals surface area contributed by atoms with Crippen molar-refractivity contribution in [3.63, 3.8) is 0 Å². The number of benzene rings is 2. The molecule has 0 saturated heterocycles. The summed E-state index contributed by atoms with van der Waals surface area (Å²) in [7, 11) is 3.09. The maximum atomic E-state index is 12.5. The molecule has 0 bridgehead atoms. The third kappa shape index (κ3) is 4.07. The fourth-order valence-electron chi connectivity index (χ4n) is 3.11. The number of phenols is 1. The lowest BCUT2D eigenvalue weighted by Gasteiger charge is -2.23. The van der Waals surface area contributed by atoms with Crippen LogP contribution in [0.2, 0.25) is 5.02 Å². The van der Waals surface area contributed by atoms with Crippen molar-refractivity contribution in [3.05, 3.63) is 58.7 Å². The highest BCUT2D eigenvalue weighted by atomic mass is 35.5. The summed E-state index contributed by atoms with van der Waals surface area (Å²) >= 11 is 6.46. The number of phenolic OH excluding ortho intramolecular Hbond substituents is 1. The number of halogens is 1. The van der Waals surface area contributed by atoms with E-state index in [-0.39, 0.29) is 17.6 Å². The van der Waals surface area contributed by atoms with E-state index in [0.717, 1.165) is 0 Å². The molecule has 7 heteroatoms. The minimum absolute atomic E-state index is 0.0335. The van der Waals surface area contributed by atoms with Crippen LogP contribution in [0, 0.1) is 5.92 Å². The zero-order valence-electron chi connectivity index (χ0n) is 16.7. The zero-order valence-corrected chi connectivity index (χ0v) is 17.4. The van der Waals surface area contributed by atoms with Gasteiger partial charge < -0.3 is 19.9 Å². The van der Waals surface area contributed by atoms with E-state index in [1.807, 2.05) is 6.07 Å². The van der Waals surface area contributed by atoms with Crippen LogP contribution in [-0.2, 0) is 4.79 Å². The zero-order chi connectivity index (χ0) is 21.1. The second kappa shape index (κ2) is 8.57. The van der Waals surface area contributed by atoms with Gasteiger partial charge >= 0.3 is 0 Å². The monoisotopic (exact) mass is 414 g/mol. The lowest BCUT2D eigenvalue weighted by atomic mass is 9.95. The van der Waals surface area contributed by atoms with E-state index in [1.165, 1.54) is 7.11 Å². The van der Waals surface area contributed by atoms with Gasteiger partial charge in [0.1, 0.15) is 11.3 Å². The van der Waals surface area contributed by atoms with Gasteiger partial charge in [-0.2, -0.15) is 0 Å². The van der Waals surface area contributed by atoms with E-state index in [1.54, 1.807) is 57.5 Å². The average molecular weight is 415 g/mol. The van der Waals surface area contributed by atoms with Gasteiger partial charge in [0.05, 0.1) is 25.3 Å². The molecule has 29 heavy (non-hydrogen) atoms. The third-order valence-corrected chi connectivity index (χ3v) is 5.02. The Morgan fingerprint density at radius 3 is 2.52 bits per heavy atom. The molecule has 1 atom stereocenters. The summed E-state index contributed by atoms with van der Waals surface area (Å²) in [6, 6.07) is 9.85. The molecule has 6 nitrogen and oxygen atoms in total. The Hall–Kier alpha value is -2.99. The van der Waals surface area contributed by atoms with Crippen LogP contribution >= 0.6 is 11.6 Å². The quantitative estimate of drug-likeness (QED) is 0.621. The lowest BCUT2D eigenvalue weighted by molar-refractivity contribution is -0.124. The molecule has 3 rings (SSSR count). The van der Waals surface area contributed by atoms with Crippen molar-refractivity contribution >= 4 is 28.4 Å². The predicted molar refractivity (Wildman–Crippen MR) is 113 cm³/mol. The summed E-state index contributed by atoms with van der Waals surface area (Å²) in [5.41, 5.74) is 1.53. The van der Waals surface area contributed by atoms with Crippen LogP contribution in [0.5, 0.6) is 17.2 Å². The van der Waals surface area contributed by atoms with E-state index >= 15 is 0 Å². The summed E-state index contributed by atoms with van der Waals surface area (Å²) in [5.74, 6) is 0.634. The number of methoxy groups -OCH3 is 2. The van der Waals surface area contributed by atoms with E-state index in [4.69, 9.17) is 21.1 Å². The van der Waals surface area contributed by atoms with Gasteiger partial charge in [-0.25, -0.2) is 0 Å². The van der Waals surface area contributed by atoms with Gasteiger partial charge in [-0.1, -0.05) is 31.5 Å². The summed E-state index contributed by atoms with van der Waals surface area (Å²) < 4.78 is 10.7. The Bertz CT molecular complexity index is 1050. The number of hydrogen-bond donors (Lipinski definition) is 2. The van der Waals surface area contributed by atoms with Crippen molar-refractivity contribution in [2.45, 2.75) is 19.9 Å². The van der Waals surface area contributed by atoms with E-state index in [2.05, 4.69) is 10.3 Å². The van der Waals surface area contributed by atoms with Gasteiger partial charge in [0.15, 0.2) is 11.5 Å². The first kappa shape index (κ1) is 20.7. The van der Waals surface area contributed by atoms with Crippen LogP contribution < -0.4 is 14.8 Å². The molecule has 2 N–H and O–H groups in total. The molecule has 0 aliphatic heterocycles. The fourth-order valence-corrected chi connectivity index (χ4v) is 3.38. The van der Waals surface area contributed by atoms with Gasteiger partial charge in [0.2, 0.25) is 5.91 Å². The fraction of sp³-hybridized carbons (Fsp3) is 0.273. The molecule has 0 unspecified atom stereocenters. The molecule has 2 aromatic carbocycles. The van der Waals surface area contributed by atoms with Crippen LogP contribution in [-0.4, -0.2) is 30.2 Å². The summed E-state index contributed by atoms with van der Waals surface area (Å²) in [4.78, 5) is 16.8. The van der Waals surface area contributed by atoms with Crippen molar-refractivity contribution in [1.82, 2.24) is 10.3 Å². The van der Waals surface area contributed by atoms with Crippen molar-refractivity contribution < 1.29 is 19.4 Å². The average Bonchev–Trinajstić information content (AvgIpc) is 2.74. The molecule has 1 amide bonds. The molecule has 0 saturated carbocycles. The highest BCUT2D eigenvalue weighted by molar-refractivity contribution is 6.35. The summed E-state index contributed by atoms with van der Waals surface area (Å²) in [6.07, 6.45) is 1.58. The van der Waals surface area contributed by atoms with E-state index in [9.17, 15) is 9.90 Å². The third-order valence-electron chi connectivity index (χ3n) is 4.71. The second-order valence-electron chi connectivity index (χ2n) is 6.91. The van der Waals surface area contributed by atoms with Crippen LogP contribution in [0.1, 0.15) is 31.0 Å². The van der Waals surface area contributed by atoms with Gasteiger partial charge in [0.25, 0.3) is 0 Å². The number of aromatic hydroxyl groups is 1. The Morgan fingerprint density at radius 1 is 1.14 bits per heavy atom. The number of amides is 1. The van der Waals surface area contributed by atoms with Crippen LogP contribution in [0.15, 0.2) is 42.6 Å². The highest BCUT2D eigenvalue weighted by Crippen LogP contribution is 2.40. The molecule has 0 spiro atoms. The minimum atomic E-state index is -0.659. The Morgan fingerprint density at radius 2 is 1.86 bits per heavy atom. The number of nitrogens with one attached hydrogen (secondary N) is 1. The summed E-state index contributed by atoms with van der Waals surface area (Å²) in [5, 5.41) is 15.0. The van der Waals surface area contributed by atoms with Gasteiger partial charge in [-0.05, 0) is 35.9 Å². The number of carbonyl (C=O) groups is 1. The Kier molecular flexibility index (Phi) is 6.13. The van der Waals surface area contributed by atoms with Crippen molar-refractivity contribution in [2.24, 2.45) is 5.92 Å².